The summed E-state index contributed by atoms with van der Waals surface area (Å²) >= 11 is 0. The average molecular weight is 333 g/mol. The summed E-state index contributed by atoms with van der Waals surface area (Å²) in [6, 6.07) is 13.1. The van der Waals surface area contributed by atoms with E-state index in [0.717, 1.165) is 18.4 Å². The minimum Gasteiger partial charge on any atom is -0.207 e. The lowest BCUT2D eigenvalue weighted by atomic mass is 9.89. The molecular formula is C18H20FNO2S. The fourth-order valence-corrected chi connectivity index (χ4v) is 4.73. The maximum absolute atomic E-state index is 14.3. The number of nitrogens with one attached hydrogen (secondary N) is 1. The zero-order valence-electron chi connectivity index (χ0n) is 13.0. The Labute approximate surface area is 136 Å². The summed E-state index contributed by atoms with van der Waals surface area (Å²) in [5.41, 5.74) is 0.580. The molecule has 0 spiro atoms. The van der Waals surface area contributed by atoms with Crippen LogP contribution >= 0.6 is 0 Å². The van der Waals surface area contributed by atoms with Crippen LogP contribution in [0.2, 0.25) is 0 Å². The maximum atomic E-state index is 14.3. The highest BCUT2D eigenvalue weighted by Crippen LogP contribution is 2.41. The smallest absolute Gasteiger partial charge is 0.207 e. The van der Waals surface area contributed by atoms with Gasteiger partial charge in [0, 0.05) is 5.56 Å². The summed E-state index contributed by atoms with van der Waals surface area (Å²) in [5.74, 6) is -0.360. The van der Waals surface area contributed by atoms with Gasteiger partial charge < -0.3 is 0 Å². The van der Waals surface area contributed by atoms with Gasteiger partial charge in [-0.05, 0) is 38.0 Å². The van der Waals surface area contributed by atoms with Crippen molar-refractivity contribution in [3.05, 3.63) is 65.5 Å². The molecule has 3 rings (SSSR count). The second-order valence-electron chi connectivity index (χ2n) is 6.19. The van der Waals surface area contributed by atoms with Crippen molar-refractivity contribution in [3.8, 4) is 0 Å². The molecule has 0 amide bonds. The van der Waals surface area contributed by atoms with Gasteiger partial charge in [-0.25, -0.2) is 17.5 Å². The fraction of sp³-hybridized carbons (Fsp3) is 0.333. The van der Waals surface area contributed by atoms with E-state index in [-0.39, 0.29) is 10.7 Å². The summed E-state index contributed by atoms with van der Waals surface area (Å²) in [5, 5.41) is 0. The largest absolute Gasteiger partial charge is 0.241 e. The molecule has 2 aromatic rings. The van der Waals surface area contributed by atoms with Gasteiger partial charge in [-0.1, -0.05) is 48.7 Å². The van der Waals surface area contributed by atoms with Crippen LogP contribution in [0.15, 0.2) is 53.4 Å². The number of benzene rings is 2. The van der Waals surface area contributed by atoms with Crippen LogP contribution in [0.1, 0.15) is 36.8 Å². The molecule has 0 radical (unpaired) electrons. The Morgan fingerprint density at radius 1 is 1.00 bits per heavy atom. The number of aryl methyl sites for hydroxylation is 1. The van der Waals surface area contributed by atoms with E-state index in [1.807, 2.05) is 6.92 Å². The topological polar surface area (TPSA) is 46.2 Å². The number of hydrogen-bond donors (Lipinski definition) is 1. The van der Waals surface area contributed by atoms with Gasteiger partial charge in [0.2, 0.25) is 10.0 Å². The monoisotopic (exact) mass is 333 g/mol. The molecule has 0 unspecified atom stereocenters. The summed E-state index contributed by atoms with van der Waals surface area (Å²) in [7, 11) is -3.70. The van der Waals surface area contributed by atoms with Crippen molar-refractivity contribution in [2.45, 2.75) is 43.0 Å². The highest BCUT2D eigenvalue weighted by atomic mass is 32.2. The first kappa shape index (κ1) is 16.1. The number of halogens is 1. The molecule has 23 heavy (non-hydrogen) atoms. The fourth-order valence-electron chi connectivity index (χ4n) is 3.29. The third-order valence-corrected chi connectivity index (χ3v) is 6.06. The third kappa shape index (κ3) is 3.16. The van der Waals surface area contributed by atoms with Gasteiger partial charge in [-0.2, -0.15) is 0 Å². The van der Waals surface area contributed by atoms with Crippen molar-refractivity contribution in [2.24, 2.45) is 0 Å². The first-order valence-corrected chi connectivity index (χ1v) is 9.27. The van der Waals surface area contributed by atoms with Crippen LogP contribution in [0.3, 0.4) is 0 Å². The van der Waals surface area contributed by atoms with Gasteiger partial charge in [0.15, 0.2) is 0 Å². The van der Waals surface area contributed by atoms with Crippen molar-refractivity contribution in [1.82, 2.24) is 4.72 Å². The van der Waals surface area contributed by atoms with Gasteiger partial charge in [-0.3, -0.25) is 0 Å². The van der Waals surface area contributed by atoms with Crippen LogP contribution in [-0.4, -0.2) is 8.42 Å². The molecule has 1 aliphatic rings. The van der Waals surface area contributed by atoms with Gasteiger partial charge in [0.05, 0.1) is 10.4 Å². The van der Waals surface area contributed by atoms with Crippen molar-refractivity contribution >= 4 is 10.0 Å². The van der Waals surface area contributed by atoms with Gasteiger partial charge in [0.1, 0.15) is 5.82 Å². The van der Waals surface area contributed by atoms with Crippen LogP contribution in [0.25, 0.3) is 0 Å². The molecule has 0 atom stereocenters. The van der Waals surface area contributed by atoms with E-state index in [1.54, 1.807) is 42.5 Å². The van der Waals surface area contributed by atoms with E-state index in [4.69, 9.17) is 0 Å². The zero-order chi connectivity index (χ0) is 16.5. The SMILES string of the molecule is Cc1ccc(S(=O)(=O)NC2(c3ccccc3F)CCCC2)cc1. The zero-order valence-corrected chi connectivity index (χ0v) is 13.9. The van der Waals surface area contributed by atoms with E-state index in [9.17, 15) is 12.8 Å². The first-order chi connectivity index (χ1) is 10.9. The maximum Gasteiger partial charge on any atom is 0.241 e. The molecule has 122 valence electrons. The molecule has 1 aliphatic carbocycles. The van der Waals surface area contributed by atoms with E-state index in [1.165, 1.54) is 6.07 Å². The molecule has 1 N–H and O–H groups in total. The predicted molar refractivity (Wildman–Crippen MR) is 88.0 cm³/mol. The molecule has 0 bridgehead atoms. The molecule has 2 aromatic carbocycles. The molecule has 1 saturated carbocycles. The van der Waals surface area contributed by atoms with Crippen molar-refractivity contribution in [3.63, 3.8) is 0 Å². The minimum absolute atomic E-state index is 0.214. The molecule has 0 saturated heterocycles. The highest BCUT2D eigenvalue weighted by molar-refractivity contribution is 7.89. The van der Waals surface area contributed by atoms with E-state index >= 15 is 0 Å². The standard InChI is InChI=1S/C18H20FNO2S/c1-14-8-10-15(11-9-14)23(21,22)20-18(12-4-5-13-18)16-6-2-3-7-17(16)19/h2-3,6-11,20H,4-5,12-13H2,1H3. The summed E-state index contributed by atoms with van der Waals surface area (Å²) in [4.78, 5) is 0.214. The Kier molecular flexibility index (Phi) is 4.25. The Hall–Kier alpha value is -1.72. The molecular weight excluding hydrogens is 313 g/mol. The Morgan fingerprint density at radius 3 is 2.22 bits per heavy atom. The van der Waals surface area contributed by atoms with Crippen molar-refractivity contribution in [1.29, 1.82) is 0 Å². The van der Waals surface area contributed by atoms with Crippen molar-refractivity contribution in [2.75, 3.05) is 0 Å². The second kappa shape index (κ2) is 6.06. The molecule has 1 fully saturated rings. The normalized spacial score (nSPS) is 17.3. The van der Waals surface area contributed by atoms with E-state index in [0.29, 0.717) is 18.4 Å². The lowest BCUT2D eigenvalue weighted by molar-refractivity contribution is 0.385. The van der Waals surface area contributed by atoms with Crippen LogP contribution in [0.5, 0.6) is 0 Å². The number of sulfonamides is 1. The minimum atomic E-state index is -3.70. The van der Waals surface area contributed by atoms with Crippen LogP contribution in [-0.2, 0) is 15.6 Å². The van der Waals surface area contributed by atoms with Gasteiger partial charge in [-0.15, -0.1) is 0 Å². The Balaban J connectivity index is 2.00. The van der Waals surface area contributed by atoms with E-state index < -0.39 is 15.6 Å². The summed E-state index contributed by atoms with van der Waals surface area (Å²) in [6.07, 6.45) is 2.98. The Morgan fingerprint density at radius 2 is 1.61 bits per heavy atom. The van der Waals surface area contributed by atoms with Gasteiger partial charge >= 0.3 is 0 Å². The van der Waals surface area contributed by atoms with Gasteiger partial charge in [0.25, 0.3) is 0 Å². The quantitative estimate of drug-likeness (QED) is 0.923. The predicted octanol–water partition coefficient (Wildman–Crippen LogP) is 3.88. The molecule has 0 heterocycles. The van der Waals surface area contributed by atoms with E-state index in [2.05, 4.69) is 4.72 Å². The lowest BCUT2D eigenvalue weighted by Crippen LogP contribution is -2.44. The van der Waals surface area contributed by atoms with Crippen LogP contribution in [0, 0.1) is 12.7 Å². The molecule has 3 nitrogen and oxygen atoms in total. The molecule has 0 aromatic heterocycles. The lowest BCUT2D eigenvalue weighted by Gasteiger charge is -2.31. The second-order valence-corrected chi connectivity index (χ2v) is 7.87. The Bertz CT molecular complexity index is 794. The first-order valence-electron chi connectivity index (χ1n) is 7.79. The van der Waals surface area contributed by atoms with Crippen LogP contribution in [0.4, 0.5) is 4.39 Å². The average Bonchev–Trinajstić information content (AvgIpc) is 2.97. The van der Waals surface area contributed by atoms with Crippen LogP contribution < -0.4 is 4.72 Å². The van der Waals surface area contributed by atoms with Crippen molar-refractivity contribution < 1.29 is 12.8 Å². The summed E-state index contributed by atoms with van der Waals surface area (Å²) in [6.45, 7) is 1.90. The number of rotatable bonds is 4. The summed E-state index contributed by atoms with van der Waals surface area (Å²) < 4.78 is 42.6. The third-order valence-electron chi connectivity index (χ3n) is 4.51. The number of hydrogen-bond acceptors (Lipinski definition) is 2. The molecule has 5 heteroatoms. The highest BCUT2D eigenvalue weighted by Gasteiger charge is 2.41. The molecule has 0 aliphatic heterocycles.